The second-order valence-electron chi connectivity index (χ2n) is 9.34. The van der Waals surface area contributed by atoms with Gasteiger partial charge in [-0.3, -0.25) is 9.69 Å². The number of nitrogens with one attached hydrogen (secondary N) is 1. The highest BCUT2D eigenvalue weighted by atomic mass is 19.4. The van der Waals surface area contributed by atoms with Crippen molar-refractivity contribution in [1.82, 2.24) is 4.90 Å². The summed E-state index contributed by atoms with van der Waals surface area (Å²) in [4.78, 5) is 17.9. The van der Waals surface area contributed by atoms with Crippen LogP contribution < -0.4 is 10.2 Å². The van der Waals surface area contributed by atoms with E-state index in [0.29, 0.717) is 30.4 Å². The molecule has 2 atom stereocenters. The third-order valence-electron chi connectivity index (χ3n) is 7.36. The summed E-state index contributed by atoms with van der Waals surface area (Å²) in [5, 5.41) is 2.86. The number of carbonyl (C=O) groups is 1. The first kappa shape index (κ1) is 22.2. The van der Waals surface area contributed by atoms with E-state index >= 15 is 0 Å². The molecule has 0 radical (unpaired) electrons. The Bertz CT molecular complexity index is 1020. The zero-order valence-electron chi connectivity index (χ0n) is 18.2. The Morgan fingerprint density at radius 2 is 1.73 bits per heavy atom. The number of alkyl halides is 3. The zero-order chi connectivity index (χ0) is 23.2. The van der Waals surface area contributed by atoms with Crippen LogP contribution in [0, 0.1) is 11.7 Å². The molecule has 0 aromatic heterocycles. The Morgan fingerprint density at radius 3 is 2.42 bits per heavy atom. The number of amides is 1. The van der Waals surface area contributed by atoms with Gasteiger partial charge in [-0.15, -0.1) is 0 Å². The molecule has 8 heteroatoms. The molecule has 1 aliphatic carbocycles. The van der Waals surface area contributed by atoms with E-state index in [1.165, 1.54) is 43.2 Å². The third-order valence-corrected chi connectivity index (χ3v) is 7.36. The lowest BCUT2D eigenvalue weighted by Crippen LogP contribution is -2.61. The maximum absolute atomic E-state index is 13.4. The molecule has 5 rings (SSSR count). The van der Waals surface area contributed by atoms with E-state index in [1.807, 2.05) is 0 Å². The van der Waals surface area contributed by atoms with E-state index in [-0.39, 0.29) is 18.4 Å². The van der Waals surface area contributed by atoms with E-state index in [4.69, 9.17) is 0 Å². The molecule has 2 aromatic rings. The van der Waals surface area contributed by atoms with Gasteiger partial charge < -0.3 is 10.2 Å². The maximum Gasteiger partial charge on any atom is 0.416 e. The van der Waals surface area contributed by atoms with Crippen LogP contribution in [0.5, 0.6) is 0 Å². The van der Waals surface area contributed by atoms with Crippen molar-refractivity contribution >= 4 is 17.3 Å². The molecule has 0 spiro atoms. The fourth-order valence-electron chi connectivity index (χ4n) is 5.69. The van der Waals surface area contributed by atoms with Crippen molar-refractivity contribution in [2.75, 3.05) is 29.9 Å². The topological polar surface area (TPSA) is 35.6 Å². The Kier molecular flexibility index (Phi) is 5.80. The van der Waals surface area contributed by atoms with Crippen LogP contribution in [0.3, 0.4) is 0 Å². The number of hydrogen-bond donors (Lipinski definition) is 1. The molecule has 3 aliphatic rings. The largest absolute Gasteiger partial charge is 0.416 e. The minimum Gasteiger partial charge on any atom is -0.365 e. The van der Waals surface area contributed by atoms with E-state index < -0.39 is 23.5 Å². The smallest absolute Gasteiger partial charge is 0.365 e. The Labute approximate surface area is 190 Å². The van der Waals surface area contributed by atoms with Crippen LogP contribution in [-0.4, -0.2) is 42.5 Å². The summed E-state index contributed by atoms with van der Waals surface area (Å²) in [6, 6.07) is 9.82. The number of carbonyl (C=O) groups excluding carboxylic acids is 1. The summed E-state index contributed by atoms with van der Waals surface area (Å²) < 4.78 is 53.4. The zero-order valence-corrected chi connectivity index (χ0v) is 18.2. The fraction of sp³-hybridized carbons (Fsp3) is 0.480. The number of nitrogens with zero attached hydrogens (tertiary/aromatic N) is 2. The van der Waals surface area contributed by atoms with Crippen LogP contribution in [0.4, 0.5) is 28.9 Å². The van der Waals surface area contributed by atoms with Gasteiger partial charge in [-0.1, -0.05) is 12.8 Å². The van der Waals surface area contributed by atoms with E-state index in [0.717, 1.165) is 31.1 Å². The Hall–Kier alpha value is -2.61. The van der Waals surface area contributed by atoms with Crippen LogP contribution in [0.2, 0.25) is 0 Å². The maximum atomic E-state index is 13.4. The monoisotopic (exact) mass is 461 g/mol. The minimum absolute atomic E-state index is 0.121. The average Bonchev–Trinajstić information content (AvgIpc) is 3.33. The number of anilines is 2. The highest BCUT2D eigenvalue weighted by Crippen LogP contribution is 2.41. The number of piperazine rings is 1. The van der Waals surface area contributed by atoms with Gasteiger partial charge in [-0.25, -0.2) is 4.39 Å². The summed E-state index contributed by atoms with van der Waals surface area (Å²) in [6.07, 6.45) is 0.556. The van der Waals surface area contributed by atoms with Gasteiger partial charge in [0.05, 0.1) is 17.5 Å². The summed E-state index contributed by atoms with van der Waals surface area (Å²) in [5.41, 5.74) is 1.13. The molecule has 33 heavy (non-hydrogen) atoms. The SMILES string of the molecule is O=C(Nc1ccc(F)cc1)C1Cc2cc(C(F)(F)F)ccc2N2CCN(C3CCCC3)CC12. The first-order valence-corrected chi connectivity index (χ1v) is 11.6. The van der Waals surface area contributed by atoms with Crippen molar-refractivity contribution in [2.45, 2.75) is 50.4 Å². The molecule has 0 bridgehead atoms. The van der Waals surface area contributed by atoms with Crippen molar-refractivity contribution in [2.24, 2.45) is 5.92 Å². The normalized spacial score (nSPS) is 23.8. The molecule has 176 valence electrons. The van der Waals surface area contributed by atoms with Gasteiger partial charge >= 0.3 is 6.18 Å². The summed E-state index contributed by atoms with van der Waals surface area (Å²) in [6.45, 7) is 2.24. The first-order valence-electron chi connectivity index (χ1n) is 11.6. The van der Waals surface area contributed by atoms with Gasteiger partial charge in [0, 0.05) is 37.1 Å². The molecule has 4 nitrogen and oxygen atoms in total. The van der Waals surface area contributed by atoms with Gasteiger partial charge in [-0.2, -0.15) is 13.2 Å². The number of halogens is 4. The second kappa shape index (κ2) is 8.63. The van der Waals surface area contributed by atoms with Gasteiger partial charge in [0.25, 0.3) is 0 Å². The van der Waals surface area contributed by atoms with E-state index in [1.54, 1.807) is 6.07 Å². The van der Waals surface area contributed by atoms with Crippen molar-refractivity contribution in [3.05, 3.63) is 59.4 Å². The lowest BCUT2D eigenvalue weighted by atomic mass is 9.82. The van der Waals surface area contributed by atoms with Gasteiger partial charge in [0.15, 0.2) is 0 Å². The van der Waals surface area contributed by atoms with E-state index in [9.17, 15) is 22.4 Å². The number of hydrogen-bond acceptors (Lipinski definition) is 3. The van der Waals surface area contributed by atoms with Crippen molar-refractivity contribution in [3.8, 4) is 0 Å². The summed E-state index contributed by atoms with van der Waals surface area (Å²) >= 11 is 0. The lowest BCUT2D eigenvalue weighted by molar-refractivity contribution is -0.137. The van der Waals surface area contributed by atoms with Crippen molar-refractivity contribution in [1.29, 1.82) is 0 Å². The fourth-order valence-corrected chi connectivity index (χ4v) is 5.69. The molecule has 2 aliphatic heterocycles. The molecule has 2 unspecified atom stereocenters. The highest BCUT2D eigenvalue weighted by Gasteiger charge is 2.44. The van der Waals surface area contributed by atoms with Crippen molar-refractivity contribution in [3.63, 3.8) is 0 Å². The third kappa shape index (κ3) is 4.45. The molecule has 1 saturated carbocycles. The molecule has 2 fully saturated rings. The predicted molar refractivity (Wildman–Crippen MR) is 119 cm³/mol. The quantitative estimate of drug-likeness (QED) is 0.647. The van der Waals surface area contributed by atoms with Crippen LogP contribution in [-0.2, 0) is 17.4 Å². The summed E-state index contributed by atoms with van der Waals surface area (Å²) in [7, 11) is 0. The van der Waals surface area contributed by atoms with Gasteiger partial charge in [0.1, 0.15) is 5.82 Å². The molecular weight excluding hydrogens is 434 g/mol. The van der Waals surface area contributed by atoms with Gasteiger partial charge in [-0.05, 0) is 67.3 Å². The van der Waals surface area contributed by atoms with Crippen LogP contribution in [0.1, 0.15) is 36.8 Å². The molecule has 2 aromatic carbocycles. The van der Waals surface area contributed by atoms with Crippen LogP contribution in [0.15, 0.2) is 42.5 Å². The molecule has 1 N–H and O–H groups in total. The van der Waals surface area contributed by atoms with Crippen LogP contribution in [0.25, 0.3) is 0 Å². The Morgan fingerprint density at radius 1 is 1.00 bits per heavy atom. The van der Waals surface area contributed by atoms with E-state index in [2.05, 4.69) is 15.1 Å². The second-order valence-corrected chi connectivity index (χ2v) is 9.34. The average molecular weight is 462 g/mol. The van der Waals surface area contributed by atoms with Crippen molar-refractivity contribution < 1.29 is 22.4 Å². The van der Waals surface area contributed by atoms with Gasteiger partial charge in [0.2, 0.25) is 5.91 Å². The lowest BCUT2D eigenvalue weighted by Gasteiger charge is -2.50. The molecule has 1 amide bonds. The number of fused-ring (bicyclic) bond motifs is 3. The highest BCUT2D eigenvalue weighted by molar-refractivity contribution is 5.94. The number of rotatable bonds is 3. The molecule has 2 heterocycles. The predicted octanol–water partition coefficient (Wildman–Crippen LogP) is 5.09. The van der Waals surface area contributed by atoms with Crippen LogP contribution >= 0.6 is 0 Å². The molecular formula is C25H27F4N3O. The minimum atomic E-state index is -4.43. The summed E-state index contributed by atoms with van der Waals surface area (Å²) in [5.74, 6) is -1.15. The first-order chi connectivity index (χ1) is 15.8. The Balaban J connectivity index is 1.45. The number of benzene rings is 2. The standard InChI is InChI=1S/C25H27F4N3O/c26-18-6-8-19(9-7-18)30-24(33)21-14-16-13-17(25(27,28)29)5-10-22(16)32-12-11-31(15-23(21)32)20-3-1-2-4-20/h5-10,13,20-21,23H,1-4,11-12,14-15H2,(H,30,33). The molecule has 1 saturated heterocycles.